The van der Waals surface area contributed by atoms with E-state index in [-0.39, 0.29) is 96.8 Å². The summed E-state index contributed by atoms with van der Waals surface area (Å²) in [5, 5.41) is 25.1. The second kappa shape index (κ2) is 33.7. The topological polar surface area (TPSA) is 261 Å². The van der Waals surface area contributed by atoms with Crippen molar-refractivity contribution in [1.29, 1.82) is 0 Å². The van der Waals surface area contributed by atoms with Crippen molar-refractivity contribution in [2.75, 3.05) is 114 Å². The number of nitrogens with zero attached hydrogens (tertiary/aromatic N) is 8. The lowest BCUT2D eigenvalue weighted by Gasteiger charge is -2.48. The molecule has 8 aliphatic rings. The number of rotatable bonds is 27. The molecule has 6 aliphatic heterocycles. The summed E-state index contributed by atoms with van der Waals surface area (Å²) in [4.78, 5) is 117. The van der Waals surface area contributed by atoms with Gasteiger partial charge in [0.25, 0.3) is 0 Å². The van der Waals surface area contributed by atoms with Crippen LogP contribution in [0.4, 0.5) is 26.1 Å². The van der Waals surface area contributed by atoms with Gasteiger partial charge in [-0.1, -0.05) is 81.6 Å². The number of amides is 7. The van der Waals surface area contributed by atoms with E-state index < -0.39 is 41.3 Å². The van der Waals surface area contributed by atoms with E-state index >= 15 is 8.78 Å². The number of halogens is 2. The number of piperazine rings is 1. The highest BCUT2D eigenvalue weighted by atomic mass is 19.1. The van der Waals surface area contributed by atoms with Crippen LogP contribution in [0.5, 0.6) is 0 Å². The molecule has 7 fully saturated rings. The van der Waals surface area contributed by atoms with E-state index in [1.54, 1.807) is 23.8 Å². The maximum absolute atomic E-state index is 15.8. The Hall–Kier alpha value is -7.87. The SMILES string of the molecule is CN[C@@H](C)C(=O)N[C@H](C(=O)N1C[C@@H](NC(=O)CCC(=O)NCCCN2C[C@@H]3CN(CCC(=O)NCc4cccc(CNc5cc(N6CCC7(CC6)CN(c6cc(F)c(CN8CCC(C)(C)CC8)cc6F)CC(=O)N7)ncn5)c4)C[C@@H]3C2)C[C@H]1C(=O)NC1CCCc2ccccc21)C1CCCCC1. The van der Waals surface area contributed by atoms with Crippen molar-refractivity contribution < 1.29 is 42.3 Å². The van der Waals surface area contributed by atoms with Gasteiger partial charge in [0.2, 0.25) is 41.4 Å². The number of piperidine rings is 2. The molecule has 7 amide bonds. The van der Waals surface area contributed by atoms with Crippen molar-refractivity contribution >= 4 is 58.7 Å². The minimum atomic E-state index is -0.853. The average molecular weight is 1410 g/mol. The fourth-order valence-electron chi connectivity index (χ4n) is 17.0. The van der Waals surface area contributed by atoms with Gasteiger partial charge >= 0.3 is 0 Å². The summed E-state index contributed by atoms with van der Waals surface area (Å²) in [5.41, 5.74) is 4.43. The fraction of sp³-hybridized carbons (Fsp3) is 0.623. The number of benzene rings is 3. The first kappa shape index (κ1) is 73.9. The van der Waals surface area contributed by atoms with Crippen molar-refractivity contribution in [3.05, 3.63) is 113 Å². The Labute approximate surface area is 599 Å². The molecule has 1 aromatic heterocycles. The molecule has 4 aromatic rings. The van der Waals surface area contributed by atoms with E-state index in [0.29, 0.717) is 94.8 Å². The summed E-state index contributed by atoms with van der Waals surface area (Å²) in [6.07, 6.45) is 13.4. The predicted octanol–water partition coefficient (Wildman–Crippen LogP) is 6.07. The van der Waals surface area contributed by atoms with Gasteiger partial charge in [0, 0.05) is 128 Å². The van der Waals surface area contributed by atoms with Crippen LogP contribution in [0.25, 0.3) is 0 Å². The molecule has 0 radical (unpaired) electrons. The molecule has 8 N–H and O–H groups in total. The van der Waals surface area contributed by atoms with Gasteiger partial charge in [0.05, 0.1) is 29.9 Å². The van der Waals surface area contributed by atoms with Crippen LogP contribution in [0.2, 0.25) is 0 Å². The zero-order valence-electron chi connectivity index (χ0n) is 60.3. The summed E-state index contributed by atoms with van der Waals surface area (Å²) < 4.78 is 31.4. The Morgan fingerprint density at radius 1 is 0.706 bits per heavy atom. The maximum Gasteiger partial charge on any atom is 0.246 e. The Morgan fingerprint density at radius 3 is 2.18 bits per heavy atom. The summed E-state index contributed by atoms with van der Waals surface area (Å²) in [6, 6.07) is 17.9. The molecule has 7 atom stereocenters. The number of hydrogen-bond donors (Lipinski definition) is 8. The molecule has 1 saturated carbocycles. The lowest BCUT2D eigenvalue weighted by molar-refractivity contribution is -0.143. The number of nitrogens with one attached hydrogen (secondary N) is 8. The summed E-state index contributed by atoms with van der Waals surface area (Å²) in [7, 11) is 1.70. The molecule has 552 valence electrons. The Morgan fingerprint density at radius 2 is 1.42 bits per heavy atom. The van der Waals surface area contributed by atoms with Crippen molar-refractivity contribution in [1.82, 2.24) is 66.8 Å². The highest BCUT2D eigenvalue weighted by Gasteiger charge is 2.47. The second-order valence-corrected chi connectivity index (χ2v) is 31.3. The number of anilines is 3. The minimum Gasteiger partial charge on any atom is -0.366 e. The van der Waals surface area contributed by atoms with Crippen LogP contribution in [-0.2, 0) is 59.6 Å². The number of carbonyl (C=O) groups excluding carboxylic acids is 7. The van der Waals surface area contributed by atoms with Crippen LogP contribution in [0.15, 0.2) is 73.1 Å². The van der Waals surface area contributed by atoms with Crippen LogP contribution in [-0.4, -0.2) is 199 Å². The van der Waals surface area contributed by atoms with E-state index in [0.717, 1.165) is 139 Å². The molecular weight excluding hydrogens is 1300 g/mol. The highest BCUT2D eigenvalue weighted by Crippen LogP contribution is 2.37. The maximum atomic E-state index is 15.8. The zero-order valence-corrected chi connectivity index (χ0v) is 60.3. The fourth-order valence-corrected chi connectivity index (χ4v) is 17.0. The average Bonchev–Trinajstić information content (AvgIpc) is 0.881. The highest BCUT2D eigenvalue weighted by molar-refractivity contribution is 5.94. The van der Waals surface area contributed by atoms with Crippen molar-refractivity contribution in [3.63, 3.8) is 0 Å². The Kier molecular flexibility index (Phi) is 24.4. The number of aryl methyl sites for hydroxylation is 1. The first-order chi connectivity index (χ1) is 49.2. The van der Waals surface area contributed by atoms with Gasteiger partial charge in [-0.3, -0.25) is 38.5 Å². The van der Waals surface area contributed by atoms with E-state index in [2.05, 4.69) is 104 Å². The number of hydrogen-bond acceptors (Lipinski definition) is 16. The number of likely N-dealkylation sites (N-methyl/N-ethyl adjacent to an activating group) is 1. The van der Waals surface area contributed by atoms with Crippen LogP contribution < -0.4 is 52.3 Å². The third-order valence-corrected chi connectivity index (χ3v) is 23.2. The van der Waals surface area contributed by atoms with Gasteiger partial charge in [-0.15, -0.1) is 0 Å². The standard InChI is InChI=1S/C77H108F2N16O7/c1-51(80-4)73(100)88-72(55-16-6-5-7-17-55)75(102)95-47-59(37-65(95)74(101)87-63-20-11-18-54-15-8-9-19-60(54)63)86-70(98)22-21-68(96)81-28-12-29-91-43-57-45-92(46-58(57)44-91)30-23-69(97)83-41-53-14-10-13-52(35-53)40-82-66-39-67(85-50-84-66)93-33-26-77(27-34-93)49-94(48-71(99)89-77)64-38-61(78)56(36-62(64)79)42-90-31-24-76(2,3)25-32-90/h8-10,13-15,19,35-36,38-39,50-51,55,57-59,63,65,72,80H,5-7,11-12,16-18,20-34,37,40-49H2,1-4H3,(H,81,96)(H,83,97)(H,86,98)(H,87,101)(H,88,100)(H,89,99)(H,82,84,85)/t51-,57-,58+,59-,63?,65-,72-/m0/s1. The molecule has 0 bridgehead atoms. The third kappa shape index (κ3) is 19.1. The predicted molar refractivity (Wildman–Crippen MR) is 388 cm³/mol. The number of fused-ring (bicyclic) bond motifs is 2. The summed E-state index contributed by atoms with van der Waals surface area (Å²) in [5.74, 6) is -0.151. The van der Waals surface area contributed by atoms with E-state index in [9.17, 15) is 33.6 Å². The smallest absolute Gasteiger partial charge is 0.246 e. The molecule has 2 aliphatic carbocycles. The van der Waals surface area contributed by atoms with E-state index in [4.69, 9.17) is 0 Å². The Bertz CT molecular complexity index is 3600. The lowest BCUT2D eigenvalue weighted by atomic mass is 9.82. The molecule has 12 rings (SSSR count). The van der Waals surface area contributed by atoms with Crippen molar-refractivity contribution in [3.8, 4) is 0 Å². The van der Waals surface area contributed by atoms with Gasteiger partial charge in [0.1, 0.15) is 41.7 Å². The molecule has 1 unspecified atom stereocenters. The van der Waals surface area contributed by atoms with Gasteiger partial charge in [-0.05, 0) is 156 Å². The van der Waals surface area contributed by atoms with Crippen molar-refractivity contribution in [2.24, 2.45) is 23.2 Å². The molecule has 7 heterocycles. The van der Waals surface area contributed by atoms with E-state index in [1.165, 1.54) is 24.0 Å². The molecule has 25 heteroatoms. The van der Waals surface area contributed by atoms with Crippen LogP contribution in [0.3, 0.4) is 0 Å². The first-order valence-corrected chi connectivity index (χ1v) is 37.8. The molecule has 102 heavy (non-hydrogen) atoms. The van der Waals surface area contributed by atoms with Gasteiger partial charge in [-0.25, -0.2) is 18.7 Å². The van der Waals surface area contributed by atoms with Crippen LogP contribution in [0.1, 0.15) is 157 Å². The van der Waals surface area contributed by atoms with Gasteiger partial charge in [-0.2, -0.15) is 0 Å². The molecular formula is C77H108F2N16O7. The second-order valence-electron chi connectivity index (χ2n) is 31.3. The van der Waals surface area contributed by atoms with Crippen LogP contribution >= 0.6 is 0 Å². The molecule has 1 spiro atoms. The number of likely N-dealkylation sites (tertiary alicyclic amines) is 4. The number of carbonyl (C=O) groups is 7. The zero-order chi connectivity index (χ0) is 71.5. The van der Waals surface area contributed by atoms with Crippen LogP contribution in [0, 0.1) is 34.8 Å². The molecule has 3 aromatic carbocycles. The molecule has 23 nitrogen and oxygen atoms in total. The lowest BCUT2D eigenvalue weighted by Crippen LogP contribution is -2.66. The number of aromatic nitrogens is 2. The van der Waals surface area contributed by atoms with E-state index in [1.807, 2.05) is 36.4 Å². The Balaban J connectivity index is 0.524. The normalized spacial score (nSPS) is 23.6. The summed E-state index contributed by atoms with van der Waals surface area (Å²) >= 11 is 0. The monoisotopic (exact) mass is 1410 g/mol. The quantitative estimate of drug-likeness (QED) is 0.0315. The molecule has 6 saturated heterocycles. The first-order valence-electron chi connectivity index (χ1n) is 37.8. The van der Waals surface area contributed by atoms with Gasteiger partial charge in [0.15, 0.2) is 0 Å². The minimum absolute atomic E-state index is 0.00829. The third-order valence-electron chi connectivity index (χ3n) is 23.2. The summed E-state index contributed by atoms with van der Waals surface area (Å²) in [6.45, 7) is 16.8. The largest absolute Gasteiger partial charge is 0.366 e. The van der Waals surface area contributed by atoms with Gasteiger partial charge < -0.3 is 67.0 Å². The van der Waals surface area contributed by atoms with Crippen molar-refractivity contribution in [2.45, 2.75) is 185 Å².